The third-order valence-corrected chi connectivity index (χ3v) is 3.98. The topological polar surface area (TPSA) is 84.5 Å². The molecule has 0 saturated heterocycles. The molecule has 6 nitrogen and oxygen atoms in total. The molecule has 8 heteroatoms. The number of amides is 3. The van der Waals surface area contributed by atoms with Crippen molar-refractivity contribution in [2.45, 2.75) is 19.6 Å². The van der Waals surface area contributed by atoms with E-state index in [1.165, 1.54) is 19.1 Å². The summed E-state index contributed by atoms with van der Waals surface area (Å²) in [5.41, 5.74) is 0.840. The van der Waals surface area contributed by atoms with Crippen LogP contribution in [0.15, 0.2) is 48.5 Å². The summed E-state index contributed by atoms with van der Waals surface area (Å²) in [4.78, 5) is 35.9. The highest BCUT2D eigenvalue weighted by Crippen LogP contribution is 2.25. The van der Waals surface area contributed by atoms with E-state index < -0.39 is 24.0 Å². The van der Waals surface area contributed by atoms with Gasteiger partial charge in [0.1, 0.15) is 0 Å². The van der Waals surface area contributed by atoms with Crippen LogP contribution >= 0.6 is 23.2 Å². The van der Waals surface area contributed by atoms with Crippen molar-refractivity contribution in [1.29, 1.82) is 0 Å². The van der Waals surface area contributed by atoms with E-state index in [9.17, 15) is 14.4 Å². The second kappa shape index (κ2) is 9.22. The molecule has 136 valence electrons. The molecule has 2 N–H and O–H groups in total. The first kappa shape index (κ1) is 19.8. The van der Waals surface area contributed by atoms with E-state index in [4.69, 9.17) is 27.9 Å². The zero-order chi connectivity index (χ0) is 19.1. The third-order valence-electron chi connectivity index (χ3n) is 3.35. The third kappa shape index (κ3) is 5.47. The molecule has 3 amide bonds. The van der Waals surface area contributed by atoms with Crippen molar-refractivity contribution in [2.24, 2.45) is 0 Å². The number of rotatable bonds is 5. The largest absolute Gasteiger partial charge is 0.449 e. The molecule has 0 aliphatic carbocycles. The minimum atomic E-state index is -1.21. The fourth-order valence-corrected chi connectivity index (χ4v) is 2.55. The lowest BCUT2D eigenvalue weighted by Crippen LogP contribution is -2.44. The van der Waals surface area contributed by atoms with Crippen LogP contribution in [0.1, 0.15) is 22.8 Å². The van der Waals surface area contributed by atoms with E-state index in [2.05, 4.69) is 10.6 Å². The van der Waals surface area contributed by atoms with Gasteiger partial charge in [-0.3, -0.25) is 10.1 Å². The van der Waals surface area contributed by atoms with Crippen LogP contribution in [-0.4, -0.2) is 24.0 Å². The Hall–Kier alpha value is -2.57. The van der Waals surface area contributed by atoms with Crippen molar-refractivity contribution >= 4 is 41.1 Å². The molecule has 0 fully saturated rings. The summed E-state index contributed by atoms with van der Waals surface area (Å²) in [5.74, 6) is -1.62. The number of ether oxygens (including phenoxy) is 1. The highest BCUT2D eigenvalue weighted by Gasteiger charge is 2.23. The van der Waals surface area contributed by atoms with Crippen molar-refractivity contribution in [3.05, 3.63) is 69.7 Å². The molecule has 0 radical (unpaired) electrons. The fraction of sp³-hybridized carbons (Fsp3) is 0.167. The van der Waals surface area contributed by atoms with Crippen LogP contribution < -0.4 is 10.6 Å². The van der Waals surface area contributed by atoms with Crippen LogP contribution in [0.4, 0.5) is 4.79 Å². The molecular weight excluding hydrogens is 379 g/mol. The number of imide groups is 1. The van der Waals surface area contributed by atoms with Gasteiger partial charge in [0, 0.05) is 6.54 Å². The van der Waals surface area contributed by atoms with E-state index in [0.717, 1.165) is 5.56 Å². The van der Waals surface area contributed by atoms with Crippen molar-refractivity contribution in [3.8, 4) is 0 Å². The summed E-state index contributed by atoms with van der Waals surface area (Å²) in [6.07, 6.45) is -1.21. The number of hydrogen-bond acceptors (Lipinski definition) is 4. The Morgan fingerprint density at radius 3 is 2.23 bits per heavy atom. The van der Waals surface area contributed by atoms with Crippen LogP contribution in [0.25, 0.3) is 0 Å². The standard InChI is InChI=1S/C18H16Cl2N2O4/c1-11(26-17(24)15-13(19)8-5-9-14(15)20)16(23)22-18(25)21-10-12-6-3-2-4-7-12/h2-9,11H,10H2,1H3,(H2,21,22,23,25). The second-order valence-electron chi connectivity index (χ2n) is 5.30. The molecule has 2 rings (SSSR count). The first-order chi connectivity index (χ1) is 12.4. The molecule has 0 spiro atoms. The van der Waals surface area contributed by atoms with Gasteiger partial charge in [-0.1, -0.05) is 59.6 Å². The van der Waals surface area contributed by atoms with Crippen LogP contribution in [0.5, 0.6) is 0 Å². The summed E-state index contributed by atoms with van der Waals surface area (Å²) in [7, 11) is 0. The van der Waals surface area contributed by atoms with Crippen molar-refractivity contribution < 1.29 is 19.1 Å². The molecule has 0 aromatic heterocycles. The van der Waals surface area contributed by atoms with Gasteiger partial charge in [0.25, 0.3) is 5.91 Å². The van der Waals surface area contributed by atoms with Gasteiger partial charge in [0.15, 0.2) is 6.10 Å². The number of benzene rings is 2. The minimum Gasteiger partial charge on any atom is -0.449 e. The van der Waals surface area contributed by atoms with Gasteiger partial charge < -0.3 is 10.1 Å². The lowest BCUT2D eigenvalue weighted by Gasteiger charge is -2.14. The van der Waals surface area contributed by atoms with Gasteiger partial charge >= 0.3 is 12.0 Å². The first-order valence-corrected chi connectivity index (χ1v) is 8.41. The number of halogens is 2. The highest BCUT2D eigenvalue weighted by atomic mass is 35.5. The summed E-state index contributed by atoms with van der Waals surface area (Å²) in [5, 5.41) is 4.85. The molecule has 0 bridgehead atoms. The number of esters is 1. The van der Waals surface area contributed by atoms with Gasteiger partial charge in [0.05, 0.1) is 15.6 Å². The lowest BCUT2D eigenvalue weighted by atomic mass is 10.2. The molecule has 1 atom stereocenters. The van der Waals surface area contributed by atoms with E-state index in [1.807, 2.05) is 30.3 Å². The molecule has 0 aliphatic rings. The highest BCUT2D eigenvalue weighted by molar-refractivity contribution is 6.39. The number of carbonyl (C=O) groups is 3. The average Bonchev–Trinajstić information content (AvgIpc) is 2.60. The fourth-order valence-electron chi connectivity index (χ4n) is 2.00. The zero-order valence-electron chi connectivity index (χ0n) is 13.8. The van der Waals surface area contributed by atoms with E-state index >= 15 is 0 Å². The summed E-state index contributed by atoms with van der Waals surface area (Å²) in [6.45, 7) is 1.59. The number of carbonyl (C=O) groups excluding carboxylic acids is 3. The maximum absolute atomic E-state index is 12.1. The molecule has 0 aliphatic heterocycles. The first-order valence-electron chi connectivity index (χ1n) is 7.66. The quantitative estimate of drug-likeness (QED) is 0.759. The SMILES string of the molecule is CC(OC(=O)c1c(Cl)cccc1Cl)C(=O)NC(=O)NCc1ccccc1. The molecule has 0 saturated carbocycles. The van der Waals surface area contributed by atoms with E-state index in [1.54, 1.807) is 6.07 Å². The monoisotopic (exact) mass is 394 g/mol. The molecule has 0 heterocycles. The predicted octanol–water partition coefficient (Wildman–Crippen LogP) is 3.56. The van der Waals surface area contributed by atoms with Crippen molar-refractivity contribution in [2.75, 3.05) is 0 Å². The maximum atomic E-state index is 12.1. The molecule has 2 aromatic carbocycles. The summed E-state index contributed by atoms with van der Waals surface area (Å²) < 4.78 is 5.02. The van der Waals surface area contributed by atoms with Gasteiger partial charge in [-0.25, -0.2) is 9.59 Å². The minimum absolute atomic E-state index is 0.0380. The Morgan fingerprint density at radius 2 is 1.62 bits per heavy atom. The maximum Gasteiger partial charge on any atom is 0.341 e. The van der Waals surface area contributed by atoms with Crippen molar-refractivity contribution in [3.63, 3.8) is 0 Å². The predicted molar refractivity (Wildman–Crippen MR) is 98.2 cm³/mol. The zero-order valence-corrected chi connectivity index (χ0v) is 15.3. The van der Waals surface area contributed by atoms with E-state index in [0.29, 0.717) is 0 Å². The van der Waals surface area contributed by atoms with Crippen molar-refractivity contribution in [1.82, 2.24) is 10.6 Å². The van der Waals surface area contributed by atoms with Gasteiger partial charge in [-0.2, -0.15) is 0 Å². The number of hydrogen-bond donors (Lipinski definition) is 2. The van der Waals surface area contributed by atoms with Gasteiger partial charge in [0.2, 0.25) is 0 Å². The Morgan fingerprint density at radius 1 is 1.00 bits per heavy atom. The lowest BCUT2D eigenvalue weighted by molar-refractivity contribution is -0.127. The van der Waals surface area contributed by atoms with Gasteiger partial charge in [-0.15, -0.1) is 0 Å². The Bertz CT molecular complexity index is 792. The number of urea groups is 1. The Labute approximate surface area is 160 Å². The van der Waals surface area contributed by atoms with Crippen LogP contribution in [-0.2, 0) is 16.1 Å². The molecular formula is C18H16Cl2N2O4. The Kier molecular flexibility index (Phi) is 7.00. The number of nitrogens with one attached hydrogen (secondary N) is 2. The van der Waals surface area contributed by atoms with Crippen LogP contribution in [0.2, 0.25) is 10.0 Å². The summed E-state index contributed by atoms with van der Waals surface area (Å²) in [6, 6.07) is 13.0. The van der Waals surface area contributed by atoms with Crippen LogP contribution in [0, 0.1) is 0 Å². The smallest absolute Gasteiger partial charge is 0.341 e. The average molecular weight is 395 g/mol. The second-order valence-corrected chi connectivity index (χ2v) is 6.12. The van der Waals surface area contributed by atoms with E-state index in [-0.39, 0.29) is 22.2 Å². The summed E-state index contributed by atoms with van der Waals surface area (Å²) >= 11 is 11.8. The van der Waals surface area contributed by atoms with Gasteiger partial charge in [-0.05, 0) is 24.6 Å². The normalized spacial score (nSPS) is 11.3. The van der Waals surface area contributed by atoms with Crippen LogP contribution in [0.3, 0.4) is 0 Å². The molecule has 2 aromatic rings. The molecule has 1 unspecified atom stereocenters. The molecule has 26 heavy (non-hydrogen) atoms. The Balaban J connectivity index is 1.87.